The van der Waals surface area contributed by atoms with Gasteiger partial charge in [0.1, 0.15) is 30.8 Å². The van der Waals surface area contributed by atoms with Crippen LogP contribution in [0.3, 0.4) is 0 Å². The third kappa shape index (κ3) is 45.9. The van der Waals surface area contributed by atoms with E-state index < -0.39 is 69.7 Å². The zero-order valence-electron chi connectivity index (χ0n) is 56.0. The number of ketones is 4. The fourth-order valence-electron chi connectivity index (χ4n) is 10.5. The molecule has 94 heavy (non-hydrogen) atoms. The Morgan fingerprint density at radius 3 is 1.66 bits per heavy atom. The molecule has 5 amide bonds. The molecule has 0 saturated carbocycles. The average molecular weight is 1350 g/mol. The summed E-state index contributed by atoms with van der Waals surface area (Å²) in [6.45, 7) is 4.28. The van der Waals surface area contributed by atoms with Gasteiger partial charge in [0.25, 0.3) is 10.1 Å². The van der Waals surface area contributed by atoms with Crippen LogP contribution in [-0.4, -0.2) is 185 Å². The Kier molecular flexibility index (Phi) is 48.2. The van der Waals surface area contributed by atoms with Gasteiger partial charge in [-0.15, -0.1) is 0 Å². The van der Waals surface area contributed by atoms with Gasteiger partial charge < -0.3 is 67.2 Å². The third-order valence-electron chi connectivity index (χ3n) is 16.0. The van der Waals surface area contributed by atoms with Gasteiger partial charge in [-0.2, -0.15) is 8.42 Å². The smallest absolute Gasteiger partial charge is 0.326 e. The number of likely N-dealkylation sites (N-methyl/N-ethyl adjacent to an activating group) is 1. The number of carboxylic acids is 1. The van der Waals surface area contributed by atoms with Crippen molar-refractivity contribution in [3.05, 3.63) is 29.8 Å². The summed E-state index contributed by atoms with van der Waals surface area (Å²) in [5.74, 6) is -6.76. The highest BCUT2D eigenvalue weighted by molar-refractivity contribution is 7.85. The number of hydrogen-bond acceptors (Lipinski definition) is 19. The van der Waals surface area contributed by atoms with Crippen molar-refractivity contribution in [1.82, 2.24) is 26.6 Å². The molecule has 0 heterocycles. The maximum Gasteiger partial charge on any atom is 0.326 e. The number of nitrogens with one attached hydrogen (secondary N) is 6. The molecule has 1 aromatic rings. The number of phenols is 1. The molecule has 1 rings (SSSR count). The first-order valence-electron chi connectivity index (χ1n) is 33.6. The SMILES string of the molecule is CN[C@@H](CCCCNC(=O)COCCOCCCC(=O)COCCOCCNC(=O)CC[C@H](NC(=O)CC[C@H](NC(=O)CCCCCCCCCCCCCCCS(=O)(=O)O)C(C)=O)C(=O)O)C(=O)C(C)[C@@H](CCCCC(=N)N)C(=O)C[C@@H](Cc1ccc(O)cc1)C(N)=O. The van der Waals surface area contributed by atoms with Crippen molar-refractivity contribution >= 4 is 74.6 Å². The second-order valence-electron chi connectivity index (χ2n) is 24.1. The van der Waals surface area contributed by atoms with Crippen LogP contribution in [0.1, 0.15) is 199 Å². The zero-order chi connectivity index (χ0) is 69.9. The van der Waals surface area contributed by atoms with Gasteiger partial charge in [0, 0.05) is 76.0 Å². The van der Waals surface area contributed by atoms with Crippen LogP contribution in [0.5, 0.6) is 5.75 Å². The van der Waals surface area contributed by atoms with Crippen LogP contribution in [-0.2, 0) is 83.4 Å². The fraction of sp³-hybridized carbons (Fsp3) is 0.742. The first-order valence-corrected chi connectivity index (χ1v) is 35.2. The molecule has 0 aromatic heterocycles. The summed E-state index contributed by atoms with van der Waals surface area (Å²) in [6.07, 6.45) is 16.3. The van der Waals surface area contributed by atoms with E-state index in [1.807, 2.05) is 0 Å². The van der Waals surface area contributed by atoms with E-state index in [0.717, 1.165) is 76.2 Å². The number of ether oxygens (including phenoxy) is 4. The molecule has 0 saturated heterocycles. The number of carboxylic acid groups (broad SMARTS) is 1. The number of carbonyl (C=O) groups excluding carboxylic acids is 9. The molecule has 0 spiro atoms. The Hall–Kier alpha value is -6.30. The molecule has 0 radical (unpaired) electrons. The summed E-state index contributed by atoms with van der Waals surface area (Å²) >= 11 is 0. The Morgan fingerprint density at radius 2 is 1.07 bits per heavy atom. The molecule has 0 bridgehead atoms. The fourth-order valence-corrected chi connectivity index (χ4v) is 11.0. The number of nitrogens with two attached hydrogens (primary N) is 2. The molecule has 0 aliphatic rings. The number of phenolic OH excluding ortho intramolecular Hbond substituents is 1. The predicted octanol–water partition coefficient (Wildman–Crippen LogP) is 5.27. The Morgan fingerprint density at radius 1 is 0.553 bits per heavy atom. The molecular weight excluding hydrogens is 1240 g/mol. The minimum Gasteiger partial charge on any atom is -0.508 e. The van der Waals surface area contributed by atoms with Crippen molar-refractivity contribution < 1.29 is 90.1 Å². The number of amidine groups is 1. The van der Waals surface area contributed by atoms with Crippen LogP contribution >= 0.6 is 0 Å². The highest BCUT2D eigenvalue weighted by atomic mass is 32.2. The van der Waals surface area contributed by atoms with Crippen LogP contribution in [0.15, 0.2) is 24.3 Å². The summed E-state index contributed by atoms with van der Waals surface area (Å²) < 4.78 is 52.0. The first-order chi connectivity index (χ1) is 44.8. The van der Waals surface area contributed by atoms with Gasteiger partial charge in [-0.1, -0.05) is 96.1 Å². The number of benzene rings is 1. The topological polar surface area (TPSA) is 438 Å². The summed E-state index contributed by atoms with van der Waals surface area (Å²) in [6, 6.07) is 3.49. The molecular formula is C66H112N8O19S. The lowest BCUT2D eigenvalue weighted by molar-refractivity contribution is -0.142. The quantitative estimate of drug-likeness (QED) is 0.0171. The Balaban J connectivity index is 2.18. The van der Waals surface area contributed by atoms with E-state index in [1.165, 1.54) is 19.1 Å². The van der Waals surface area contributed by atoms with Crippen molar-refractivity contribution in [2.75, 3.05) is 78.7 Å². The van der Waals surface area contributed by atoms with E-state index in [4.69, 9.17) is 40.4 Å². The van der Waals surface area contributed by atoms with Crippen molar-refractivity contribution in [3.8, 4) is 5.75 Å². The van der Waals surface area contributed by atoms with Gasteiger partial charge in [-0.25, -0.2) is 4.79 Å². The largest absolute Gasteiger partial charge is 0.508 e. The van der Waals surface area contributed by atoms with Crippen LogP contribution in [0.25, 0.3) is 0 Å². The summed E-state index contributed by atoms with van der Waals surface area (Å²) in [7, 11) is -2.20. The number of aromatic hydroxyl groups is 1. The minimum absolute atomic E-state index is 0.0170. The highest BCUT2D eigenvalue weighted by Crippen LogP contribution is 2.28. The molecule has 0 fully saturated rings. The second kappa shape index (κ2) is 52.9. The van der Waals surface area contributed by atoms with E-state index in [2.05, 4.69) is 26.6 Å². The van der Waals surface area contributed by atoms with Crippen molar-refractivity contribution in [1.29, 1.82) is 5.41 Å². The normalized spacial score (nSPS) is 13.4. The minimum atomic E-state index is -3.87. The van der Waals surface area contributed by atoms with Crippen LogP contribution in [0.4, 0.5) is 0 Å². The molecule has 13 N–H and O–H groups in total. The van der Waals surface area contributed by atoms with Crippen molar-refractivity contribution in [2.45, 2.75) is 218 Å². The van der Waals surface area contributed by atoms with Crippen molar-refractivity contribution in [2.24, 2.45) is 29.2 Å². The van der Waals surface area contributed by atoms with E-state index in [-0.39, 0.29) is 156 Å². The molecule has 0 aliphatic carbocycles. The Bertz CT molecular complexity index is 2520. The number of carbonyl (C=O) groups is 10. The lowest BCUT2D eigenvalue weighted by Crippen LogP contribution is -2.44. The van der Waals surface area contributed by atoms with E-state index in [0.29, 0.717) is 77.4 Å². The number of unbranched alkanes of at least 4 members (excludes halogenated alkanes) is 14. The standard InChI is InChI=1S/C66H112N8O19S/c1-48(54(23-16-17-25-59(67)68)58(78)45-51(65(69)84)44-50-27-29-52(76)30-28-50)64(83)56(70-3)24-18-19-35-71-63(82)47-93-42-39-90-37-21-22-53(77)46-92-41-40-91-38-36-72-60(79)33-32-57(66(85)86)74-62(81)34-31-55(49(2)75)73-61(80)26-15-13-11-9-7-5-4-6-8-10-12-14-20-43-94(87,88)89/h27-30,48,51,54-57,70,76H,4-26,31-47H2,1-3H3,(H3,67,68)(H2,69,84)(H,71,82)(H,72,79)(H,73,80)(H,74,81)(H,85,86)(H,87,88,89)/t48?,51-,54-,55+,56+,57+/m1/s1. The maximum atomic E-state index is 13.8. The number of rotatable bonds is 63. The van der Waals surface area contributed by atoms with E-state index >= 15 is 0 Å². The Labute approximate surface area is 556 Å². The third-order valence-corrected chi connectivity index (χ3v) is 16.8. The lowest BCUT2D eigenvalue weighted by atomic mass is 9.77. The molecule has 536 valence electrons. The number of primary amides is 1. The van der Waals surface area contributed by atoms with Gasteiger partial charge in [-0.3, -0.25) is 53.1 Å². The summed E-state index contributed by atoms with van der Waals surface area (Å²) in [5.41, 5.74) is 12.0. The van der Waals surface area contributed by atoms with E-state index in [9.17, 15) is 66.6 Å². The number of aliphatic carboxylic acids is 1. The second-order valence-corrected chi connectivity index (χ2v) is 25.7. The van der Waals surface area contributed by atoms with Gasteiger partial charge in [0.05, 0.1) is 56.7 Å². The maximum absolute atomic E-state index is 13.8. The predicted molar refractivity (Wildman–Crippen MR) is 354 cm³/mol. The van der Waals surface area contributed by atoms with Gasteiger partial charge in [-0.05, 0) is 102 Å². The van der Waals surface area contributed by atoms with Crippen LogP contribution in [0, 0.1) is 23.2 Å². The number of Topliss-reactive ketones (excluding diaryl/α,β-unsaturated/α-hetero) is 4. The molecule has 28 heteroatoms. The zero-order valence-corrected chi connectivity index (χ0v) is 56.8. The monoisotopic (exact) mass is 1350 g/mol. The molecule has 6 atom stereocenters. The van der Waals surface area contributed by atoms with Crippen LogP contribution < -0.4 is 38.1 Å². The molecule has 27 nitrogen and oxygen atoms in total. The van der Waals surface area contributed by atoms with Gasteiger partial charge in [0.15, 0.2) is 17.3 Å². The first kappa shape index (κ1) is 85.7. The molecule has 0 aliphatic heterocycles. The average Bonchev–Trinajstić information content (AvgIpc) is 0.884. The summed E-state index contributed by atoms with van der Waals surface area (Å²) in [4.78, 5) is 127. The molecule has 1 unspecified atom stereocenters. The lowest BCUT2D eigenvalue weighted by Gasteiger charge is -2.27. The summed E-state index contributed by atoms with van der Waals surface area (Å²) in [5, 5.41) is 40.4. The highest BCUT2D eigenvalue weighted by Gasteiger charge is 2.35. The van der Waals surface area contributed by atoms with Gasteiger partial charge >= 0.3 is 5.97 Å². The van der Waals surface area contributed by atoms with Crippen LogP contribution in [0.2, 0.25) is 0 Å². The van der Waals surface area contributed by atoms with Gasteiger partial charge in [0.2, 0.25) is 29.5 Å². The number of amides is 5. The van der Waals surface area contributed by atoms with E-state index in [1.54, 1.807) is 26.1 Å². The van der Waals surface area contributed by atoms with Crippen molar-refractivity contribution in [3.63, 3.8) is 0 Å². The molecule has 1 aromatic carbocycles. The number of hydrogen-bond donors (Lipinski definition) is 11.